The number of alkyl halides is 2. The number of para-hydroxylation sites is 1. The second-order valence-electron chi connectivity index (χ2n) is 4.93. The molecule has 2 rings (SSSR count). The van der Waals surface area contributed by atoms with Crippen molar-refractivity contribution in [3.05, 3.63) is 42.1 Å². The van der Waals surface area contributed by atoms with Crippen LogP contribution >= 0.6 is 0 Å². The average molecular weight is 294 g/mol. The maximum absolute atomic E-state index is 12.0. The minimum Gasteiger partial charge on any atom is -0.375 e. The van der Waals surface area contributed by atoms with Crippen LogP contribution in [0.3, 0.4) is 0 Å². The number of ether oxygens (including phenoxy) is 1. The lowest BCUT2D eigenvalue weighted by Crippen LogP contribution is -2.29. The molecule has 0 spiro atoms. The highest BCUT2D eigenvalue weighted by molar-refractivity contribution is 5.81. The van der Waals surface area contributed by atoms with Crippen LogP contribution in [0.1, 0.15) is 12.0 Å². The van der Waals surface area contributed by atoms with E-state index in [1.807, 2.05) is 31.3 Å². The number of pyridine rings is 1. The van der Waals surface area contributed by atoms with Gasteiger partial charge >= 0.3 is 0 Å². The molecule has 1 heterocycles. The molecule has 114 valence electrons. The van der Waals surface area contributed by atoms with Gasteiger partial charge in [0.2, 0.25) is 0 Å². The van der Waals surface area contributed by atoms with Gasteiger partial charge in [0, 0.05) is 24.2 Å². The highest BCUT2D eigenvalue weighted by Gasteiger charge is 2.11. The Morgan fingerprint density at radius 2 is 2.05 bits per heavy atom. The van der Waals surface area contributed by atoms with Gasteiger partial charge in [-0.15, -0.1) is 0 Å². The Morgan fingerprint density at radius 1 is 1.24 bits per heavy atom. The second-order valence-corrected chi connectivity index (χ2v) is 4.93. The Hall–Kier alpha value is -1.59. The molecule has 1 N–H and O–H groups in total. The summed E-state index contributed by atoms with van der Waals surface area (Å²) in [6.07, 6.45) is 0.914. The fourth-order valence-corrected chi connectivity index (χ4v) is 2.35. The molecular formula is C16H20F2N2O. The van der Waals surface area contributed by atoms with E-state index in [1.165, 1.54) is 5.56 Å². The summed E-state index contributed by atoms with van der Waals surface area (Å²) in [4.78, 5) is 4.34. The van der Waals surface area contributed by atoms with Crippen LogP contribution in [0.2, 0.25) is 0 Å². The molecule has 0 saturated carbocycles. The van der Waals surface area contributed by atoms with Crippen LogP contribution in [-0.4, -0.2) is 37.7 Å². The molecule has 1 unspecified atom stereocenters. The minimum atomic E-state index is -2.40. The van der Waals surface area contributed by atoms with Gasteiger partial charge in [-0.05, 0) is 37.6 Å². The van der Waals surface area contributed by atoms with Crippen molar-refractivity contribution in [2.24, 2.45) is 0 Å². The van der Waals surface area contributed by atoms with Crippen molar-refractivity contribution in [2.75, 3.05) is 20.3 Å². The third-order valence-electron chi connectivity index (χ3n) is 3.47. The number of benzene rings is 1. The number of nitrogens with zero attached hydrogens (tertiary/aromatic N) is 1. The van der Waals surface area contributed by atoms with Crippen molar-refractivity contribution < 1.29 is 13.5 Å². The Bertz CT molecular complexity index is 557. The monoisotopic (exact) mass is 294 g/mol. The lowest BCUT2D eigenvalue weighted by atomic mass is 10.0. The van der Waals surface area contributed by atoms with Crippen LogP contribution in [-0.2, 0) is 11.2 Å². The summed E-state index contributed by atoms with van der Waals surface area (Å²) in [7, 11) is 1.88. The predicted octanol–water partition coefficient (Wildman–Crippen LogP) is 3.04. The van der Waals surface area contributed by atoms with E-state index >= 15 is 0 Å². The molecule has 2 aromatic rings. The van der Waals surface area contributed by atoms with Crippen LogP contribution in [0.5, 0.6) is 0 Å². The number of nitrogens with one attached hydrogen (secondary N) is 1. The highest BCUT2D eigenvalue weighted by atomic mass is 19.3. The number of hydrogen-bond acceptors (Lipinski definition) is 3. The van der Waals surface area contributed by atoms with E-state index in [0.717, 1.165) is 17.3 Å². The molecule has 0 fully saturated rings. The molecule has 0 aliphatic carbocycles. The molecule has 3 nitrogen and oxygen atoms in total. The summed E-state index contributed by atoms with van der Waals surface area (Å²) in [5, 5.41) is 4.35. The number of likely N-dealkylation sites (N-methyl/N-ethyl adjacent to an activating group) is 1. The molecule has 0 amide bonds. The maximum atomic E-state index is 12.0. The van der Waals surface area contributed by atoms with Gasteiger partial charge in [0.15, 0.2) is 0 Å². The van der Waals surface area contributed by atoms with Gasteiger partial charge in [0.25, 0.3) is 6.43 Å². The average Bonchev–Trinajstić information content (AvgIpc) is 2.50. The first-order valence-corrected chi connectivity index (χ1v) is 7.06. The highest BCUT2D eigenvalue weighted by Crippen LogP contribution is 2.18. The van der Waals surface area contributed by atoms with E-state index in [0.29, 0.717) is 13.0 Å². The van der Waals surface area contributed by atoms with Crippen LogP contribution in [0.15, 0.2) is 36.5 Å². The Balaban J connectivity index is 1.97. The smallest absolute Gasteiger partial charge is 0.261 e. The van der Waals surface area contributed by atoms with E-state index in [9.17, 15) is 8.78 Å². The van der Waals surface area contributed by atoms with E-state index in [-0.39, 0.29) is 6.04 Å². The van der Waals surface area contributed by atoms with Gasteiger partial charge < -0.3 is 10.1 Å². The standard InChI is InChI=1S/C16H20F2N2O/c1-19-13(7-9-21-11-16(17)18)10-12-6-8-20-15-5-3-2-4-14(12)15/h2-6,8,13,16,19H,7,9-11H2,1H3. The lowest BCUT2D eigenvalue weighted by molar-refractivity contribution is 0.0146. The molecule has 0 aliphatic rings. The zero-order chi connectivity index (χ0) is 15.1. The summed E-state index contributed by atoms with van der Waals surface area (Å²) < 4.78 is 29.0. The summed E-state index contributed by atoms with van der Waals surface area (Å²) in [5.41, 5.74) is 2.17. The Labute approximate surface area is 123 Å². The second kappa shape index (κ2) is 8.00. The molecule has 0 aliphatic heterocycles. The number of halogens is 2. The van der Waals surface area contributed by atoms with E-state index in [1.54, 1.807) is 6.20 Å². The Morgan fingerprint density at radius 3 is 2.81 bits per heavy atom. The number of aromatic nitrogens is 1. The largest absolute Gasteiger partial charge is 0.375 e. The molecule has 1 atom stereocenters. The third kappa shape index (κ3) is 4.72. The minimum absolute atomic E-state index is 0.188. The zero-order valence-corrected chi connectivity index (χ0v) is 12.1. The van der Waals surface area contributed by atoms with Crippen molar-refractivity contribution in [2.45, 2.75) is 25.3 Å². The SMILES string of the molecule is CNC(CCOCC(F)F)Cc1ccnc2ccccc12. The molecule has 1 aromatic carbocycles. The van der Waals surface area contributed by atoms with Gasteiger partial charge in [0.05, 0.1) is 5.52 Å². The first kappa shape index (κ1) is 15.8. The topological polar surface area (TPSA) is 34.1 Å². The van der Waals surface area contributed by atoms with Crippen LogP contribution < -0.4 is 5.32 Å². The number of fused-ring (bicyclic) bond motifs is 1. The van der Waals surface area contributed by atoms with E-state index in [4.69, 9.17) is 4.74 Å². The van der Waals surface area contributed by atoms with Gasteiger partial charge in [-0.3, -0.25) is 4.98 Å². The molecule has 0 bridgehead atoms. The summed E-state index contributed by atoms with van der Waals surface area (Å²) in [6.45, 7) is -0.159. The molecule has 0 radical (unpaired) electrons. The van der Waals surface area contributed by atoms with E-state index < -0.39 is 13.0 Å². The molecule has 5 heteroatoms. The van der Waals surface area contributed by atoms with Crippen LogP contribution in [0.25, 0.3) is 10.9 Å². The van der Waals surface area contributed by atoms with Crippen LogP contribution in [0, 0.1) is 0 Å². The molecule has 1 aromatic heterocycles. The van der Waals surface area contributed by atoms with Crippen molar-refractivity contribution in [3.63, 3.8) is 0 Å². The van der Waals surface area contributed by atoms with Crippen molar-refractivity contribution in [1.29, 1.82) is 0 Å². The molecular weight excluding hydrogens is 274 g/mol. The van der Waals surface area contributed by atoms with E-state index in [2.05, 4.69) is 16.4 Å². The fourth-order valence-electron chi connectivity index (χ4n) is 2.35. The van der Waals surface area contributed by atoms with Gasteiger partial charge in [0.1, 0.15) is 6.61 Å². The third-order valence-corrected chi connectivity index (χ3v) is 3.47. The number of hydrogen-bond donors (Lipinski definition) is 1. The van der Waals surface area contributed by atoms with Gasteiger partial charge in [-0.2, -0.15) is 0 Å². The van der Waals surface area contributed by atoms with Gasteiger partial charge in [-0.25, -0.2) is 8.78 Å². The summed E-state index contributed by atoms with van der Waals surface area (Å²) in [6, 6.07) is 10.2. The lowest BCUT2D eigenvalue weighted by Gasteiger charge is -2.17. The molecule has 0 saturated heterocycles. The summed E-state index contributed by atoms with van der Waals surface area (Å²) in [5.74, 6) is 0. The van der Waals surface area contributed by atoms with Gasteiger partial charge in [-0.1, -0.05) is 18.2 Å². The predicted molar refractivity (Wildman–Crippen MR) is 79.7 cm³/mol. The fraction of sp³-hybridized carbons (Fsp3) is 0.438. The first-order valence-electron chi connectivity index (χ1n) is 7.06. The van der Waals surface area contributed by atoms with Crippen molar-refractivity contribution >= 4 is 10.9 Å². The first-order chi connectivity index (χ1) is 10.2. The quantitative estimate of drug-likeness (QED) is 0.760. The van der Waals surface area contributed by atoms with Crippen LogP contribution in [0.4, 0.5) is 8.78 Å². The molecule has 21 heavy (non-hydrogen) atoms. The maximum Gasteiger partial charge on any atom is 0.261 e. The van der Waals surface area contributed by atoms with Crippen molar-refractivity contribution in [1.82, 2.24) is 10.3 Å². The zero-order valence-electron chi connectivity index (χ0n) is 12.1. The normalized spacial score (nSPS) is 13.0. The number of rotatable bonds is 8. The Kier molecular flexibility index (Phi) is 6.02. The van der Waals surface area contributed by atoms with Crippen molar-refractivity contribution in [3.8, 4) is 0 Å². The summed E-state index contributed by atoms with van der Waals surface area (Å²) >= 11 is 0.